The Morgan fingerprint density at radius 2 is 1.44 bits per heavy atom. The van der Waals surface area contributed by atoms with Crippen LogP contribution in [0, 0.1) is 0 Å². The molecular formula is C23H23F6N3O2. The van der Waals surface area contributed by atoms with Crippen molar-refractivity contribution >= 4 is 17.5 Å². The maximum atomic E-state index is 13.1. The highest BCUT2D eigenvalue weighted by Gasteiger charge is 2.38. The molecule has 1 N–H and O–H groups in total. The summed E-state index contributed by atoms with van der Waals surface area (Å²) in [5.74, 6) is -1.18. The number of anilines is 1. The number of halogens is 6. The number of carbonyl (C=O) groups is 2. The zero-order chi connectivity index (χ0) is 25.1. The van der Waals surface area contributed by atoms with Crippen molar-refractivity contribution in [1.29, 1.82) is 0 Å². The van der Waals surface area contributed by atoms with Gasteiger partial charge in [-0.2, -0.15) is 26.3 Å². The first-order valence-corrected chi connectivity index (χ1v) is 10.6. The fourth-order valence-corrected chi connectivity index (χ4v) is 3.71. The van der Waals surface area contributed by atoms with Gasteiger partial charge in [0.25, 0.3) is 5.91 Å². The number of piperazine rings is 1. The van der Waals surface area contributed by atoms with E-state index in [0.717, 1.165) is 12.0 Å². The molecule has 1 aliphatic rings. The number of rotatable bonds is 5. The van der Waals surface area contributed by atoms with Gasteiger partial charge >= 0.3 is 12.4 Å². The number of nitrogens with one attached hydrogen (secondary N) is 1. The van der Waals surface area contributed by atoms with Crippen LogP contribution in [0.4, 0.5) is 32.0 Å². The topological polar surface area (TPSA) is 52.7 Å². The smallest absolute Gasteiger partial charge is 0.336 e. The molecule has 0 radical (unpaired) electrons. The van der Waals surface area contributed by atoms with Crippen LogP contribution >= 0.6 is 0 Å². The molecule has 0 bridgehead atoms. The van der Waals surface area contributed by atoms with E-state index in [4.69, 9.17) is 0 Å². The van der Waals surface area contributed by atoms with Gasteiger partial charge in [0.05, 0.1) is 17.7 Å². The molecular weight excluding hydrogens is 464 g/mol. The van der Waals surface area contributed by atoms with Crippen molar-refractivity contribution in [1.82, 2.24) is 9.80 Å². The molecule has 1 heterocycles. The molecule has 0 spiro atoms. The number of benzene rings is 2. The van der Waals surface area contributed by atoms with Crippen LogP contribution in [0.2, 0.25) is 0 Å². The van der Waals surface area contributed by atoms with E-state index in [1.165, 1.54) is 4.90 Å². The van der Waals surface area contributed by atoms with E-state index < -0.39 is 35.0 Å². The van der Waals surface area contributed by atoms with Crippen LogP contribution in [0.3, 0.4) is 0 Å². The van der Waals surface area contributed by atoms with E-state index >= 15 is 0 Å². The summed E-state index contributed by atoms with van der Waals surface area (Å²) < 4.78 is 78.5. The van der Waals surface area contributed by atoms with Gasteiger partial charge in [0.15, 0.2) is 0 Å². The SMILES string of the molecule is CCc1ccccc1NC(=O)CN1CCN(C(=O)c2cc(C(F)(F)F)cc(C(F)(F)F)c2)CC1. The highest BCUT2D eigenvalue weighted by atomic mass is 19.4. The first-order valence-electron chi connectivity index (χ1n) is 10.6. The minimum atomic E-state index is -5.03. The van der Waals surface area contributed by atoms with Gasteiger partial charge in [0.2, 0.25) is 5.91 Å². The molecule has 11 heteroatoms. The van der Waals surface area contributed by atoms with E-state index in [0.29, 0.717) is 17.8 Å². The monoisotopic (exact) mass is 487 g/mol. The quantitative estimate of drug-likeness (QED) is 0.623. The number of para-hydroxylation sites is 1. The molecule has 0 saturated carbocycles. The standard InChI is InChI=1S/C23H23F6N3O2/c1-2-15-5-3-4-6-19(15)30-20(33)14-31-7-9-32(10-8-31)21(34)16-11-17(22(24,25)26)13-18(12-16)23(27,28)29/h3-6,11-13H,2,7-10,14H2,1H3,(H,30,33). The molecule has 0 aromatic heterocycles. The van der Waals surface area contributed by atoms with Crippen molar-refractivity contribution in [3.8, 4) is 0 Å². The Morgan fingerprint density at radius 3 is 1.97 bits per heavy atom. The van der Waals surface area contributed by atoms with Crippen LogP contribution < -0.4 is 5.32 Å². The number of aryl methyl sites for hydroxylation is 1. The van der Waals surface area contributed by atoms with Crippen molar-refractivity contribution in [3.05, 3.63) is 64.7 Å². The first kappa shape index (κ1) is 25.5. The maximum absolute atomic E-state index is 13.1. The Kier molecular flexibility index (Phi) is 7.54. The molecule has 0 atom stereocenters. The molecule has 2 aromatic carbocycles. The van der Waals surface area contributed by atoms with Gasteiger partial charge < -0.3 is 10.2 Å². The van der Waals surface area contributed by atoms with Crippen molar-refractivity contribution in [2.75, 3.05) is 38.0 Å². The average Bonchev–Trinajstić information content (AvgIpc) is 2.78. The third kappa shape index (κ3) is 6.28. The largest absolute Gasteiger partial charge is 0.416 e. The summed E-state index contributed by atoms with van der Waals surface area (Å²) in [7, 11) is 0. The van der Waals surface area contributed by atoms with Crippen LogP contribution in [-0.4, -0.2) is 54.3 Å². The van der Waals surface area contributed by atoms with Gasteiger partial charge in [-0.1, -0.05) is 25.1 Å². The van der Waals surface area contributed by atoms with Gasteiger partial charge in [-0.3, -0.25) is 14.5 Å². The fraction of sp³-hybridized carbons (Fsp3) is 0.391. The molecule has 1 fully saturated rings. The third-order valence-electron chi connectivity index (χ3n) is 5.53. The summed E-state index contributed by atoms with van der Waals surface area (Å²) in [5.41, 5.74) is -2.06. The number of alkyl halides is 6. The Labute approximate surface area is 192 Å². The molecule has 5 nitrogen and oxygen atoms in total. The van der Waals surface area contributed by atoms with Crippen LogP contribution in [0.25, 0.3) is 0 Å². The zero-order valence-electron chi connectivity index (χ0n) is 18.3. The third-order valence-corrected chi connectivity index (χ3v) is 5.53. The van der Waals surface area contributed by atoms with Crippen molar-refractivity contribution in [2.24, 2.45) is 0 Å². The van der Waals surface area contributed by atoms with Crippen LogP contribution in [0.15, 0.2) is 42.5 Å². The van der Waals surface area contributed by atoms with Crippen molar-refractivity contribution < 1.29 is 35.9 Å². The summed E-state index contributed by atoms with van der Waals surface area (Å²) in [6, 6.07) is 8.22. The van der Waals surface area contributed by atoms with Crippen molar-refractivity contribution in [2.45, 2.75) is 25.7 Å². The Morgan fingerprint density at radius 1 is 0.882 bits per heavy atom. The van der Waals surface area contributed by atoms with Crippen LogP contribution in [-0.2, 0) is 23.6 Å². The summed E-state index contributed by atoms with van der Waals surface area (Å²) >= 11 is 0. The molecule has 184 valence electrons. The highest BCUT2D eigenvalue weighted by molar-refractivity contribution is 5.95. The van der Waals surface area contributed by atoms with E-state index in [1.54, 1.807) is 17.0 Å². The lowest BCUT2D eigenvalue weighted by molar-refractivity contribution is -0.143. The molecule has 34 heavy (non-hydrogen) atoms. The lowest BCUT2D eigenvalue weighted by atomic mass is 10.0. The lowest BCUT2D eigenvalue weighted by Crippen LogP contribution is -2.50. The minimum Gasteiger partial charge on any atom is -0.336 e. The maximum Gasteiger partial charge on any atom is 0.416 e. The average molecular weight is 487 g/mol. The number of hydrogen-bond donors (Lipinski definition) is 1. The van der Waals surface area contributed by atoms with Crippen molar-refractivity contribution in [3.63, 3.8) is 0 Å². The van der Waals surface area contributed by atoms with Gasteiger partial charge in [-0.15, -0.1) is 0 Å². The van der Waals surface area contributed by atoms with E-state index in [1.807, 2.05) is 19.1 Å². The second-order valence-corrected chi connectivity index (χ2v) is 7.92. The van der Waals surface area contributed by atoms with E-state index in [9.17, 15) is 35.9 Å². The van der Waals surface area contributed by atoms with Gasteiger partial charge in [0, 0.05) is 37.4 Å². The predicted octanol–water partition coefficient (Wildman–Crippen LogP) is 4.68. The molecule has 0 unspecified atom stereocenters. The number of carbonyl (C=O) groups excluding carboxylic acids is 2. The predicted molar refractivity (Wildman–Crippen MR) is 113 cm³/mol. The Balaban J connectivity index is 1.64. The second kappa shape index (κ2) is 10.0. The summed E-state index contributed by atoms with van der Waals surface area (Å²) in [6.45, 7) is 2.63. The number of amides is 2. The van der Waals surface area contributed by atoms with Crippen LogP contribution in [0.5, 0.6) is 0 Å². The van der Waals surface area contributed by atoms with E-state index in [2.05, 4.69) is 5.32 Å². The molecule has 1 aliphatic heterocycles. The number of hydrogen-bond acceptors (Lipinski definition) is 3. The van der Waals surface area contributed by atoms with Gasteiger partial charge in [-0.25, -0.2) is 0 Å². The summed E-state index contributed by atoms with van der Waals surface area (Å²) in [5, 5.41) is 2.84. The summed E-state index contributed by atoms with van der Waals surface area (Å²) in [6.07, 6.45) is -9.32. The normalized spacial score (nSPS) is 15.3. The zero-order valence-corrected chi connectivity index (χ0v) is 18.3. The first-order chi connectivity index (χ1) is 15.9. The Hall–Kier alpha value is -3.08. The highest BCUT2D eigenvalue weighted by Crippen LogP contribution is 2.36. The molecule has 2 aromatic rings. The lowest BCUT2D eigenvalue weighted by Gasteiger charge is -2.34. The number of nitrogens with zero attached hydrogens (tertiary/aromatic N) is 2. The molecule has 2 amide bonds. The molecule has 0 aliphatic carbocycles. The van der Waals surface area contributed by atoms with E-state index in [-0.39, 0.29) is 44.7 Å². The summed E-state index contributed by atoms with van der Waals surface area (Å²) in [4.78, 5) is 28.1. The molecule has 3 rings (SSSR count). The van der Waals surface area contributed by atoms with Gasteiger partial charge in [-0.05, 0) is 36.2 Å². The van der Waals surface area contributed by atoms with Gasteiger partial charge in [0.1, 0.15) is 0 Å². The van der Waals surface area contributed by atoms with Crippen LogP contribution in [0.1, 0.15) is 34.0 Å². The fourth-order valence-electron chi connectivity index (χ4n) is 3.71. The minimum absolute atomic E-state index is 0.00990. The second-order valence-electron chi connectivity index (χ2n) is 7.92. The Bertz CT molecular complexity index is 1010. The molecule has 1 saturated heterocycles.